The summed E-state index contributed by atoms with van der Waals surface area (Å²) in [6.07, 6.45) is 6.24. The smallest absolute Gasteiger partial charge is 0.271 e. The molecule has 3 aromatic rings. The Hall–Kier alpha value is -3.06. The third-order valence-electron chi connectivity index (χ3n) is 5.41. The molecule has 1 aliphatic carbocycles. The van der Waals surface area contributed by atoms with Crippen molar-refractivity contribution in [2.45, 2.75) is 32.1 Å². The van der Waals surface area contributed by atoms with Crippen molar-refractivity contribution < 1.29 is 0 Å². The third kappa shape index (κ3) is 5.10. The van der Waals surface area contributed by atoms with E-state index < -0.39 is 0 Å². The summed E-state index contributed by atoms with van der Waals surface area (Å²) in [4.78, 5) is 16.9. The van der Waals surface area contributed by atoms with E-state index in [1.165, 1.54) is 43.6 Å². The molecule has 1 aromatic heterocycles. The van der Waals surface area contributed by atoms with Crippen LogP contribution in [0.4, 0.5) is 22.1 Å². The number of hydrogen-bond acceptors (Lipinski definition) is 5. The largest absolute Gasteiger partial charge is 0.383 e. The average molecular weight is 422 g/mol. The number of hydrogen-bond donors (Lipinski definition) is 4. The van der Waals surface area contributed by atoms with Gasteiger partial charge in [-0.15, -0.1) is 0 Å². The lowest BCUT2D eigenvalue weighted by atomic mass is 9.89. The van der Waals surface area contributed by atoms with Crippen LogP contribution >= 0.6 is 11.5 Å². The van der Waals surface area contributed by atoms with Crippen molar-refractivity contribution in [3.63, 3.8) is 0 Å². The van der Waals surface area contributed by atoms with E-state index in [1.807, 2.05) is 54.6 Å². The molecule has 0 radical (unpaired) electrons. The van der Waals surface area contributed by atoms with E-state index in [0.717, 1.165) is 17.1 Å². The molecular weight excluding hydrogens is 394 g/mol. The Kier molecular flexibility index (Phi) is 6.49. The van der Waals surface area contributed by atoms with Gasteiger partial charge in [-0.3, -0.25) is 14.2 Å². The van der Waals surface area contributed by atoms with Crippen LogP contribution in [-0.4, -0.2) is 16.8 Å². The minimum absolute atomic E-state index is 0.199. The molecule has 4 rings (SSSR count). The minimum atomic E-state index is -0.199. The highest BCUT2D eigenvalue weighted by molar-refractivity contribution is 7.10. The number of aromatic nitrogens is 1. The van der Waals surface area contributed by atoms with Crippen LogP contribution in [0.5, 0.6) is 0 Å². The molecule has 6 nitrogen and oxygen atoms in total. The number of para-hydroxylation sites is 1. The Labute approximate surface area is 180 Å². The number of nitrogens with one attached hydrogen (secondary N) is 3. The number of rotatable bonds is 7. The molecule has 156 valence electrons. The molecule has 0 spiro atoms. The fraction of sp³-hybridized carbons (Fsp3) is 0.304. The van der Waals surface area contributed by atoms with Gasteiger partial charge in [0, 0.05) is 23.6 Å². The quantitative estimate of drug-likeness (QED) is 0.311. The Morgan fingerprint density at radius 2 is 1.60 bits per heavy atom. The van der Waals surface area contributed by atoms with E-state index in [0.29, 0.717) is 28.9 Å². The summed E-state index contributed by atoms with van der Waals surface area (Å²) in [5, 5.41) is 7.35. The number of anilines is 4. The molecule has 0 atom stereocenters. The summed E-state index contributed by atoms with van der Waals surface area (Å²) in [5.41, 5.74) is 9.34. The van der Waals surface area contributed by atoms with Gasteiger partial charge in [-0.1, -0.05) is 37.5 Å². The predicted molar refractivity (Wildman–Crippen MR) is 127 cm³/mol. The number of nitrogens with two attached hydrogens (primary N) is 1. The maximum atomic E-state index is 12.3. The Morgan fingerprint density at radius 3 is 2.30 bits per heavy atom. The van der Waals surface area contributed by atoms with Crippen molar-refractivity contribution in [3.8, 4) is 0 Å². The van der Waals surface area contributed by atoms with Gasteiger partial charge in [0.05, 0.1) is 0 Å². The lowest BCUT2D eigenvalue weighted by Crippen LogP contribution is -2.23. The number of amidine groups is 1. The number of benzene rings is 2. The van der Waals surface area contributed by atoms with Gasteiger partial charge in [0.25, 0.3) is 5.56 Å². The zero-order valence-electron chi connectivity index (χ0n) is 16.9. The molecule has 0 saturated heterocycles. The molecule has 30 heavy (non-hydrogen) atoms. The first-order valence-corrected chi connectivity index (χ1v) is 11.2. The SMILES string of the molecule is NC(=NCC1CCCCC1)c1c(Nc2ccc(Nc3ccccc3)cc2)s[nH]c1=O. The van der Waals surface area contributed by atoms with Gasteiger partial charge >= 0.3 is 0 Å². The van der Waals surface area contributed by atoms with Crippen LogP contribution in [0.2, 0.25) is 0 Å². The molecule has 1 aliphatic rings. The Bertz CT molecular complexity index is 1030. The highest BCUT2D eigenvalue weighted by atomic mass is 32.1. The maximum absolute atomic E-state index is 12.3. The summed E-state index contributed by atoms with van der Waals surface area (Å²) in [6, 6.07) is 17.9. The first-order valence-electron chi connectivity index (χ1n) is 10.4. The number of aliphatic imine (C=N–C) groups is 1. The average Bonchev–Trinajstić information content (AvgIpc) is 3.15. The van der Waals surface area contributed by atoms with Crippen molar-refractivity contribution >= 4 is 39.4 Å². The maximum Gasteiger partial charge on any atom is 0.271 e. The van der Waals surface area contributed by atoms with Crippen LogP contribution in [-0.2, 0) is 0 Å². The minimum Gasteiger partial charge on any atom is -0.383 e. The molecule has 0 amide bonds. The summed E-state index contributed by atoms with van der Waals surface area (Å²) >= 11 is 1.24. The predicted octanol–water partition coefficient (Wildman–Crippen LogP) is 5.21. The Morgan fingerprint density at radius 1 is 0.967 bits per heavy atom. The summed E-state index contributed by atoms with van der Waals surface area (Å²) in [7, 11) is 0. The first-order chi connectivity index (χ1) is 14.7. The van der Waals surface area contributed by atoms with Crippen LogP contribution in [0.1, 0.15) is 37.7 Å². The van der Waals surface area contributed by atoms with Crippen molar-refractivity contribution in [1.82, 2.24) is 4.37 Å². The molecule has 1 saturated carbocycles. The Balaban J connectivity index is 1.44. The summed E-state index contributed by atoms with van der Waals surface area (Å²) in [5.74, 6) is 0.893. The van der Waals surface area contributed by atoms with Crippen LogP contribution in [0.15, 0.2) is 64.4 Å². The highest BCUT2D eigenvalue weighted by Gasteiger charge is 2.17. The van der Waals surface area contributed by atoms with Crippen molar-refractivity contribution in [1.29, 1.82) is 0 Å². The van der Waals surface area contributed by atoms with Gasteiger partial charge in [0.1, 0.15) is 16.4 Å². The monoisotopic (exact) mass is 421 g/mol. The van der Waals surface area contributed by atoms with Gasteiger partial charge in [-0.2, -0.15) is 0 Å². The zero-order chi connectivity index (χ0) is 20.8. The number of H-pyrrole nitrogens is 1. The standard InChI is InChI=1S/C23H27N5OS/c24-21(25-15-16-7-3-1-4-8-16)20-22(29)28-30-23(20)27-19-13-11-18(12-14-19)26-17-9-5-2-6-10-17/h2,5-6,9-14,16,26-27H,1,3-4,7-8,15H2,(H2,24,25)(H,28,29). The summed E-state index contributed by atoms with van der Waals surface area (Å²) < 4.78 is 2.77. The summed E-state index contributed by atoms with van der Waals surface area (Å²) in [6.45, 7) is 0.695. The highest BCUT2D eigenvalue weighted by Crippen LogP contribution is 2.26. The van der Waals surface area contributed by atoms with Crippen molar-refractivity contribution in [2.24, 2.45) is 16.6 Å². The fourth-order valence-corrected chi connectivity index (χ4v) is 4.52. The molecule has 1 heterocycles. The second-order valence-electron chi connectivity index (χ2n) is 7.66. The molecule has 0 bridgehead atoms. The second kappa shape index (κ2) is 9.63. The van der Waals surface area contributed by atoms with E-state index in [9.17, 15) is 4.79 Å². The van der Waals surface area contributed by atoms with Gasteiger partial charge < -0.3 is 16.4 Å². The lowest BCUT2D eigenvalue weighted by molar-refractivity contribution is 0.367. The first kappa shape index (κ1) is 20.2. The third-order valence-corrected chi connectivity index (χ3v) is 6.20. The molecule has 7 heteroatoms. The fourth-order valence-electron chi connectivity index (χ4n) is 3.76. The number of nitrogens with zero attached hydrogens (tertiary/aromatic N) is 1. The van der Waals surface area contributed by atoms with Crippen LogP contribution in [0.3, 0.4) is 0 Å². The molecule has 2 aromatic carbocycles. The van der Waals surface area contributed by atoms with Crippen LogP contribution in [0, 0.1) is 5.92 Å². The van der Waals surface area contributed by atoms with Crippen LogP contribution < -0.4 is 21.9 Å². The molecule has 0 unspecified atom stereocenters. The van der Waals surface area contributed by atoms with E-state index in [2.05, 4.69) is 20.0 Å². The molecule has 0 aliphatic heterocycles. The normalized spacial score (nSPS) is 15.1. The van der Waals surface area contributed by atoms with Gasteiger partial charge in [0.15, 0.2) is 0 Å². The van der Waals surface area contributed by atoms with Gasteiger partial charge in [-0.05, 0) is 66.7 Å². The van der Waals surface area contributed by atoms with Crippen molar-refractivity contribution in [2.75, 3.05) is 17.2 Å². The lowest BCUT2D eigenvalue weighted by Gasteiger charge is -2.19. The van der Waals surface area contributed by atoms with E-state index in [1.54, 1.807) is 0 Å². The van der Waals surface area contributed by atoms with Gasteiger partial charge in [-0.25, -0.2) is 0 Å². The van der Waals surface area contributed by atoms with Crippen molar-refractivity contribution in [3.05, 3.63) is 70.5 Å². The number of aromatic amines is 1. The topological polar surface area (TPSA) is 95.3 Å². The van der Waals surface area contributed by atoms with Crippen LogP contribution in [0.25, 0.3) is 0 Å². The van der Waals surface area contributed by atoms with E-state index in [4.69, 9.17) is 5.73 Å². The van der Waals surface area contributed by atoms with E-state index >= 15 is 0 Å². The second-order valence-corrected chi connectivity index (χ2v) is 8.48. The van der Waals surface area contributed by atoms with E-state index in [-0.39, 0.29) is 5.56 Å². The zero-order valence-corrected chi connectivity index (χ0v) is 17.7. The molecule has 5 N–H and O–H groups in total. The molecule has 1 fully saturated rings. The molecular formula is C23H27N5OS. The van der Waals surface area contributed by atoms with Gasteiger partial charge in [0.2, 0.25) is 0 Å².